The second-order valence-corrected chi connectivity index (χ2v) is 11.6. The average Bonchev–Trinajstić information content (AvgIpc) is 2.79. The number of anilines is 1. The number of rotatable bonds is 7. The Morgan fingerprint density at radius 1 is 0.912 bits per heavy atom. The zero-order chi connectivity index (χ0) is 25.1. The third-order valence-corrected chi connectivity index (χ3v) is 7.89. The van der Waals surface area contributed by atoms with E-state index in [0.717, 1.165) is 16.7 Å². The third-order valence-electron chi connectivity index (χ3n) is 6.12. The number of hydrogen-bond acceptors (Lipinski definition) is 3. The summed E-state index contributed by atoms with van der Waals surface area (Å²) < 4.78 is 28.3. The fourth-order valence-electron chi connectivity index (χ4n) is 3.80. The predicted octanol–water partition coefficient (Wildman–Crippen LogP) is 5.67. The van der Waals surface area contributed by atoms with Crippen molar-refractivity contribution < 1.29 is 13.2 Å². The van der Waals surface area contributed by atoms with Gasteiger partial charge in [-0.2, -0.15) is 0 Å². The Morgan fingerprint density at radius 3 is 2.12 bits per heavy atom. The van der Waals surface area contributed by atoms with Crippen LogP contribution in [0.2, 0.25) is 0 Å². The van der Waals surface area contributed by atoms with Gasteiger partial charge in [0, 0.05) is 0 Å². The van der Waals surface area contributed by atoms with E-state index in [-0.39, 0.29) is 28.8 Å². The van der Waals surface area contributed by atoms with Gasteiger partial charge in [0.05, 0.1) is 16.6 Å². The lowest BCUT2D eigenvalue weighted by Gasteiger charge is -2.27. The second kappa shape index (κ2) is 10.0. The van der Waals surface area contributed by atoms with Gasteiger partial charge in [0.15, 0.2) is 0 Å². The van der Waals surface area contributed by atoms with Gasteiger partial charge in [-0.15, -0.1) is 0 Å². The Bertz CT molecular complexity index is 1250. The van der Waals surface area contributed by atoms with Gasteiger partial charge in [0.2, 0.25) is 5.91 Å². The van der Waals surface area contributed by atoms with Crippen molar-refractivity contribution in [2.45, 2.75) is 57.9 Å². The maximum atomic E-state index is 13.6. The van der Waals surface area contributed by atoms with Crippen LogP contribution in [0.4, 0.5) is 5.69 Å². The molecule has 3 rings (SSSR count). The standard InChI is InChI=1S/C28H34N2O3S/c1-20-11-10-14-26(21(20)2)30(34(32,33)25-12-8-7-9-13-25)19-27(31)29-22(3)23-15-17-24(18-16-23)28(4,5)6/h7-18,22H,19H2,1-6H3,(H,29,31)/t22-/m0/s1. The highest BCUT2D eigenvalue weighted by atomic mass is 32.2. The number of aryl methyl sites for hydroxylation is 1. The van der Waals surface area contributed by atoms with E-state index in [4.69, 9.17) is 0 Å². The van der Waals surface area contributed by atoms with E-state index in [0.29, 0.717) is 5.69 Å². The molecule has 0 aliphatic carbocycles. The molecule has 0 saturated carbocycles. The van der Waals surface area contributed by atoms with Gasteiger partial charge < -0.3 is 5.32 Å². The van der Waals surface area contributed by atoms with Crippen LogP contribution in [0.25, 0.3) is 0 Å². The normalized spacial score (nSPS) is 12.8. The summed E-state index contributed by atoms with van der Waals surface area (Å²) in [5.41, 5.74) is 4.50. The quantitative estimate of drug-likeness (QED) is 0.475. The van der Waals surface area contributed by atoms with Gasteiger partial charge in [-0.05, 0) is 66.6 Å². The summed E-state index contributed by atoms with van der Waals surface area (Å²) in [6.45, 7) is 11.8. The summed E-state index contributed by atoms with van der Waals surface area (Å²) in [4.78, 5) is 13.2. The maximum absolute atomic E-state index is 13.6. The molecule has 1 amide bonds. The first-order chi connectivity index (χ1) is 15.9. The Morgan fingerprint density at radius 2 is 1.53 bits per heavy atom. The molecule has 0 spiro atoms. The minimum atomic E-state index is -3.94. The van der Waals surface area contributed by atoms with Gasteiger partial charge >= 0.3 is 0 Å². The number of hydrogen-bond donors (Lipinski definition) is 1. The summed E-state index contributed by atoms with van der Waals surface area (Å²) in [5, 5.41) is 2.97. The largest absolute Gasteiger partial charge is 0.348 e. The van der Waals surface area contributed by atoms with E-state index in [1.807, 2.05) is 45.0 Å². The third kappa shape index (κ3) is 5.68. The van der Waals surface area contributed by atoms with Crippen LogP contribution < -0.4 is 9.62 Å². The molecule has 6 heteroatoms. The summed E-state index contributed by atoms with van der Waals surface area (Å²) in [5.74, 6) is -0.368. The molecule has 0 radical (unpaired) electrons. The molecule has 0 aliphatic heterocycles. The SMILES string of the molecule is Cc1cccc(N(CC(=O)N[C@@H](C)c2ccc(C(C)(C)C)cc2)S(=O)(=O)c2ccccc2)c1C. The van der Waals surface area contributed by atoms with E-state index in [1.54, 1.807) is 36.4 Å². The molecule has 0 bridgehead atoms. The predicted molar refractivity (Wildman–Crippen MR) is 139 cm³/mol. The van der Waals surface area contributed by atoms with Crippen LogP contribution >= 0.6 is 0 Å². The molecule has 34 heavy (non-hydrogen) atoms. The van der Waals surface area contributed by atoms with E-state index in [9.17, 15) is 13.2 Å². The van der Waals surface area contributed by atoms with E-state index in [2.05, 4.69) is 38.2 Å². The van der Waals surface area contributed by atoms with Crippen LogP contribution in [0.1, 0.15) is 56.0 Å². The number of sulfonamides is 1. The van der Waals surface area contributed by atoms with Crippen LogP contribution in [0.5, 0.6) is 0 Å². The lowest BCUT2D eigenvalue weighted by atomic mass is 9.86. The number of benzene rings is 3. The topological polar surface area (TPSA) is 66.5 Å². The van der Waals surface area contributed by atoms with Crippen molar-refractivity contribution in [1.29, 1.82) is 0 Å². The molecule has 3 aromatic carbocycles. The van der Waals surface area contributed by atoms with Crippen LogP contribution in [0.15, 0.2) is 77.7 Å². The van der Waals surface area contributed by atoms with E-state index in [1.165, 1.54) is 9.87 Å². The van der Waals surface area contributed by atoms with Crippen molar-refractivity contribution in [3.05, 3.63) is 95.1 Å². The van der Waals surface area contributed by atoms with Gasteiger partial charge in [-0.25, -0.2) is 8.42 Å². The average molecular weight is 479 g/mol. The van der Waals surface area contributed by atoms with Gasteiger partial charge in [-0.3, -0.25) is 9.10 Å². The van der Waals surface area contributed by atoms with Crippen molar-refractivity contribution in [2.24, 2.45) is 0 Å². The number of carbonyl (C=O) groups is 1. The fourth-order valence-corrected chi connectivity index (χ4v) is 5.30. The van der Waals surface area contributed by atoms with Gasteiger partial charge in [0.1, 0.15) is 6.54 Å². The lowest BCUT2D eigenvalue weighted by Crippen LogP contribution is -2.42. The lowest BCUT2D eigenvalue weighted by molar-refractivity contribution is -0.120. The van der Waals surface area contributed by atoms with E-state index >= 15 is 0 Å². The molecule has 0 unspecified atom stereocenters. The molecule has 0 heterocycles. The smallest absolute Gasteiger partial charge is 0.264 e. The molecule has 3 aromatic rings. The van der Waals surface area contributed by atoms with Crippen LogP contribution in [-0.2, 0) is 20.2 Å². The van der Waals surface area contributed by atoms with E-state index < -0.39 is 10.0 Å². The van der Waals surface area contributed by atoms with Crippen LogP contribution in [0.3, 0.4) is 0 Å². The van der Waals surface area contributed by atoms with Crippen LogP contribution in [0, 0.1) is 13.8 Å². The highest BCUT2D eigenvalue weighted by molar-refractivity contribution is 7.92. The highest BCUT2D eigenvalue weighted by Gasteiger charge is 2.29. The van der Waals surface area contributed by atoms with Crippen molar-refractivity contribution >= 4 is 21.6 Å². The first-order valence-electron chi connectivity index (χ1n) is 11.4. The minimum absolute atomic E-state index is 0.0446. The zero-order valence-electron chi connectivity index (χ0n) is 20.8. The molecule has 0 aromatic heterocycles. The number of nitrogens with one attached hydrogen (secondary N) is 1. The molecule has 5 nitrogen and oxygen atoms in total. The molecule has 1 atom stereocenters. The molecular formula is C28H34N2O3S. The summed E-state index contributed by atoms with van der Waals surface area (Å²) >= 11 is 0. The molecule has 0 saturated heterocycles. The van der Waals surface area contributed by atoms with Gasteiger partial charge in [-0.1, -0.05) is 75.4 Å². The first-order valence-corrected chi connectivity index (χ1v) is 12.9. The Kier molecular flexibility index (Phi) is 7.51. The summed E-state index contributed by atoms with van der Waals surface area (Å²) in [6.07, 6.45) is 0. The minimum Gasteiger partial charge on any atom is -0.348 e. The molecule has 1 N–H and O–H groups in total. The first kappa shape index (κ1) is 25.5. The van der Waals surface area contributed by atoms with Crippen molar-refractivity contribution in [3.8, 4) is 0 Å². The van der Waals surface area contributed by atoms with Gasteiger partial charge in [0.25, 0.3) is 10.0 Å². The molecule has 180 valence electrons. The monoisotopic (exact) mass is 478 g/mol. The Labute approximate surface area is 203 Å². The fraction of sp³-hybridized carbons (Fsp3) is 0.321. The second-order valence-electron chi connectivity index (χ2n) is 9.70. The van der Waals surface area contributed by atoms with Crippen molar-refractivity contribution in [3.63, 3.8) is 0 Å². The zero-order valence-corrected chi connectivity index (χ0v) is 21.6. The number of amides is 1. The molecule has 0 aliphatic rings. The summed E-state index contributed by atoms with van der Waals surface area (Å²) in [7, 11) is -3.94. The number of nitrogens with zero attached hydrogens (tertiary/aromatic N) is 1. The van der Waals surface area contributed by atoms with Crippen LogP contribution in [-0.4, -0.2) is 20.9 Å². The van der Waals surface area contributed by atoms with Crippen molar-refractivity contribution in [2.75, 3.05) is 10.8 Å². The maximum Gasteiger partial charge on any atom is 0.264 e. The Balaban J connectivity index is 1.88. The molecular weight excluding hydrogens is 444 g/mol. The molecule has 0 fully saturated rings. The number of carbonyl (C=O) groups excluding carboxylic acids is 1. The Hall–Kier alpha value is -3.12. The highest BCUT2D eigenvalue weighted by Crippen LogP contribution is 2.29. The van der Waals surface area contributed by atoms with Crippen molar-refractivity contribution in [1.82, 2.24) is 5.32 Å². The summed E-state index contributed by atoms with van der Waals surface area (Å²) in [6, 6.07) is 21.6.